The predicted molar refractivity (Wildman–Crippen MR) is 98.1 cm³/mol. The fraction of sp³-hybridized carbons (Fsp3) is 0.524. The number of aliphatic hydroxyl groups is 1. The SMILES string of the molecule is C=CCC1(CCCC)Cc2cc(OCOC)ccc2C1(O)C(=C)C. The zero-order valence-corrected chi connectivity index (χ0v) is 15.2. The van der Waals surface area contributed by atoms with Gasteiger partial charge in [-0.3, -0.25) is 0 Å². The van der Waals surface area contributed by atoms with Crippen molar-refractivity contribution < 1.29 is 14.6 Å². The first-order chi connectivity index (χ1) is 11.4. The fourth-order valence-electron chi connectivity index (χ4n) is 4.13. The molecular weight excluding hydrogens is 300 g/mol. The second kappa shape index (κ2) is 7.54. The molecule has 3 nitrogen and oxygen atoms in total. The standard InChI is InChI=1S/C21H30O3/c1-6-8-12-20(11-7-2)14-17-13-18(24-15-23-5)9-10-19(17)21(20,22)16(3)4/h7,9-10,13,22H,2-3,6,8,11-12,14-15H2,1,4-5H3. The van der Waals surface area contributed by atoms with Crippen molar-refractivity contribution >= 4 is 0 Å². The number of unbranched alkanes of at least 4 members (excludes halogenated alkanes) is 1. The van der Waals surface area contributed by atoms with Crippen LogP contribution < -0.4 is 4.74 Å². The molecule has 0 heterocycles. The van der Waals surface area contributed by atoms with E-state index in [-0.39, 0.29) is 12.2 Å². The van der Waals surface area contributed by atoms with E-state index in [1.54, 1.807) is 7.11 Å². The minimum absolute atomic E-state index is 0.219. The number of fused-ring (bicyclic) bond motifs is 1. The van der Waals surface area contributed by atoms with Gasteiger partial charge in [0, 0.05) is 12.5 Å². The van der Waals surface area contributed by atoms with Crippen LogP contribution in [0.1, 0.15) is 50.7 Å². The lowest BCUT2D eigenvalue weighted by atomic mass is 9.64. The molecule has 0 spiro atoms. The Morgan fingerprint density at radius 1 is 1.42 bits per heavy atom. The van der Waals surface area contributed by atoms with Crippen molar-refractivity contribution in [2.24, 2.45) is 5.41 Å². The number of benzene rings is 1. The molecule has 1 aliphatic rings. The van der Waals surface area contributed by atoms with E-state index in [2.05, 4.69) is 20.1 Å². The Labute approximate surface area is 146 Å². The van der Waals surface area contributed by atoms with Crippen LogP contribution in [0.5, 0.6) is 5.75 Å². The van der Waals surface area contributed by atoms with Gasteiger partial charge in [0.2, 0.25) is 0 Å². The number of hydrogen-bond acceptors (Lipinski definition) is 3. The molecule has 132 valence electrons. The van der Waals surface area contributed by atoms with E-state index in [1.165, 1.54) is 0 Å². The van der Waals surface area contributed by atoms with Crippen LogP contribution in [0.4, 0.5) is 0 Å². The summed E-state index contributed by atoms with van der Waals surface area (Å²) in [6.07, 6.45) is 6.62. The van der Waals surface area contributed by atoms with E-state index in [1.807, 2.05) is 31.2 Å². The van der Waals surface area contributed by atoms with Gasteiger partial charge in [-0.05, 0) is 55.0 Å². The molecule has 1 aliphatic carbocycles. The lowest BCUT2D eigenvalue weighted by Gasteiger charge is -2.43. The monoisotopic (exact) mass is 330 g/mol. The molecule has 0 amide bonds. The van der Waals surface area contributed by atoms with Crippen molar-refractivity contribution in [1.29, 1.82) is 0 Å². The molecule has 2 unspecified atom stereocenters. The minimum Gasteiger partial charge on any atom is -0.468 e. The summed E-state index contributed by atoms with van der Waals surface area (Å²) in [4.78, 5) is 0. The zero-order chi connectivity index (χ0) is 17.8. The van der Waals surface area contributed by atoms with Gasteiger partial charge in [-0.15, -0.1) is 6.58 Å². The van der Waals surface area contributed by atoms with Crippen LogP contribution in [0.2, 0.25) is 0 Å². The second-order valence-electron chi connectivity index (χ2n) is 6.91. The number of ether oxygens (including phenoxy) is 2. The van der Waals surface area contributed by atoms with E-state index in [9.17, 15) is 5.11 Å². The van der Waals surface area contributed by atoms with Gasteiger partial charge in [0.1, 0.15) is 11.4 Å². The highest BCUT2D eigenvalue weighted by Crippen LogP contribution is 2.58. The van der Waals surface area contributed by atoms with Gasteiger partial charge >= 0.3 is 0 Å². The molecule has 24 heavy (non-hydrogen) atoms. The third kappa shape index (κ3) is 3.03. The van der Waals surface area contributed by atoms with Gasteiger partial charge in [-0.2, -0.15) is 0 Å². The fourth-order valence-corrected chi connectivity index (χ4v) is 4.13. The summed E-state index contributed by atoms with van der Waals surface area (Å²) in [6, 6.07) is 5.90. The molecule has 0 saturated heterocycles. The van der Waals surface area contributed by atoms with Crippen LogP contribution >= 0.6 is 0 Å². The normalized spacial score (nSPS) is 25.3. The Bertz CT molecular complexity index is 607. The molecular formula is C21H30O3. The average Bonchev–Trinajstić information content (AvgIpc) is 2.81. The van der Waals surface area contributed by atoms with Crippen molar-refractivity contribution in [3.63, 3.8) is 0 Å². The molecule has 0 aromatic heterocycles. The zero-order valence-electron chi connectivity index (χ0n) is 15.2. The Hall–Kier alpha value is -1.58. The average molecular weight is 330 g/mol. The molecule has 1 aromatic rings. The first-order valence-electron chi connectivity index (χ1n) is 8.69. The van der Waals surface area contributed by atoms with E-state index in [0.29, 0.717) is 0 Å². The van der Waals surface area contributed by atoms with Crippen LogP contribution in [-0.4, -0.2) is 19.0 Å². The number of hydrogen-bond donors (Lipinski definition) is 1. The highest BCUT2D eigenvalue weighted by atomic mass is 16.7. The quantitative estimate of drug-likeness (QED) is 0.525. The Kier molecular flexibility index (Phi) is 5.89. The van der Waals surface area contributed by atoms with Gasteiger partial charge in [-0.25, -0.2) is 0 Å². The van der Waals surface area contributed by atoms with Crippen LogP contribution in [0.25, 0.3) is 0 Å². The summed E-state index contributed by atoms with van der Waals surface area (Å²) in [7, 11) is 1.60. The summed E-state index contributed by atoms with van der Waals surface area (Å²) in [5, 5.41) is 11.7. The Morgan fingerprint density at radius 2 is 2.17 bits per heavy atom. The van der Waals surface area contributed by atoms with E-state index in [4.69, 9.17) is 9.47 Å². The molecule has 0 saturated carbocycles. The molecule has 1 N–H and O–H groups in total. The molecule has 1 aromatic carbocycles. The van der Waals surface area contributed by atoms with Crippen LogP contribution in [-0.2, 0) is 16.8 Å². The van der Waals surface area contributed by atoms with Crippen LogP contribution in [0.3, 0.4) is 0 Å². The molecule has 3 heteroatoms. The van der Waals surface area contributed by atoms with Crippen LogP contribution in [0.15, 0.2) is 43.0 Å². The largest absolute Gasteiger partial charge is 0.468 e. The molecule has 0 radical (unpaired) electrons. The maximum Gasteiger partial charge on any atom is 0.188 e. The summed E-state index contributed by atoms with van der Waals surface area (Å²) < 4.78 is 10.5. The van der Waals surface area contributed by atoms with Gasteiger partial charge in [0.25, 0.3) is 0 Å². The summed E-state index contributed by atoms with van der Waals surface area (Å²) in [6.45, 7) is 12.4. The minimum atomic E-state index is -1.02. The van der Waals surface area contributed by atoms with Crippen molar-refractivity contribution in [3.8, 4) is 5.75 Å². The van der Waals surface area contributed by atoms with Gasteiger partial charge < -0.3 is 14.6 Å². The third-order valence-electron chi connectivity index (χ3n) is 5.27. The molecule has 0 fully saturated rings. The first-order valence-corrected chi connectivity index (χ1v) is 8.69. The number of rotatable bonds is 9. The molecule has 0 aliphatic heterocycles. The van der Waals surface area contributed by atoms with Crippen molar-refractivity contribution in [3.05, 3.63) is 54.1 Å². The third-order valence-corrected chi connectivity index (χ3v) is 5.27. The Balaban J connectivity index is 2.50. The second-order valence-corrected chi connectivity index (χ2v) is 6.91. The summed E-state index contributed by atoms with van der Waals surface area (Å²) in [5.41, 5.74) is 1.58. The van der Waals surface area contributed by atoms with Crippen LogP contribution in [0, 0.1) is 5.41 Å². The van der Waals surface area contributed by atoms with Gasteiger partial charge in [0.15, 0.2) is 6.79 Å². The molecule has 0 bridgehead atoms. The molecule has 2 rings (SSSR count). The number of methoxy groups -OCH3 is 1. The van der Waals surface area contributed by atoms with Crippen molar-refractivity contribution in [2.45, 2.75) is 51.6 Å². The van der Waals surface area contributed by atoms with E-state index < -0.39 is 5.60 Å². The first kappa shape index (κ1) is 18.8. The van der Waals surface area contributed by atoms with Crippen molar-refractivity contribution in [2.75, 3.05) is 13.9 Å². The van der Waals surface area contributed by atoms with E-state index in [0.717, 1.165) is 54.6 Å². The van der Waals surface area contributed by atoms with E-state index >= 15 is 0 Å². The topological polar surface area (TPSA) is 38.7 Å². The summed E-state index contributed by atoms with van der Waals surface area (Å²) in [5.74, 6) is 0.768. The van der Waals surface area contributed by atoms with Gasteiger partial charge in [-0.1, -0.05) is 38.5 Å². The molecule has 2 atom stereocenters. The highest BCUT2D eigenvalue weighted by Gasteiger charge is 2.56. The maximum atomic E-state index is 11.7. The Morgan fingerprint density at radius 3 is 2.75 bits per heavy atom. The smallest absolute Gasteiger partial charge is 0.188 e. The summed E-state index contributed by atoms with van der Waals surface area (Å²) >= 11 is 0. The predicted octanol–water partition coefficient (Wildman–Crippen LogP) is 4.74. The maximum absolute atomic E-state index is 11.7. The lowest BCUT2D eigenvalue weighted by molar-refractivity contribution is -0.0512. The highest BCUT2D eigenvalue weighted by molar-refractivity contribution is 5.50. The number of allylic oxidation sites excluding steroid dienone is 1. The van der Waals surface area contributed by atoms with Gasteiger partial charge in [0.05, 0.1) is 0 Å². The lowest BCUT2D eigenvalue weighted by Crippen LogP contribution is -2.43. The van der Waals surface area contributed by atoms with Crippen molar-refractivity contribution in [1.82, 2.24) is 0 Å².